The molecule has 1 aliphatic rings. The third kappa shape index (κ3) is 3.88. The highest BCUT2D eigenvalue weighted by Crippen LogP contribution is 2.33. The van der Waals surface area contributed by atoms with E-state index in [-0.39, 0.29) is 0 Å². The molecule has 0 atom stereocenters. The molecule has 3 aromatic rings. The summed E-state index contributed by atoms with van der Waals surface area (Å²) in [6, 6.07) is 13.1. The van der Waals surface area contributed by atoms with Gasteiger partial charge in [0.15, 0.2) is 0 Å². The maximum absolute atomic E-state index is 5.45. The highest BCUT2D eigenvalue weighted by molar-refractivity contribution is 5.98. The van der Waals surface area contributed by atoms with Crippen LogP contribution in [0.4, 0.5) is 5.69 Å². The van der Waals surface area contributed by atoms with Crippen LogP contribution in [0.15, 0.2) is 42.6 Å². The molecule has 1 aliphatic heterocycles. The molecule has 2 heterocycles. The van der Waals surface area contributed by atoms with E-state index in [4.69, 9.17) is 9.72 Å². The molecule has 2 aromatic carbocycles. The SMILES string of the molecule is CCc1nccc(-c2cc(NC3CCNCC3)c3cc(OC)ccc3c2)n1. The second-order valence-electron chi connectivity index (χ2n) is 6.99. The van der Waals surface area contributed by atoms with Gasteiger partial charge in [0.05, 0.1) is 12.8 Å². The van der Waals surface area contributed by atoms with Gasteiger partial charge in [0.25, 0.3) is 0 Å². The van der Waals surface area contributed by atoms with Crippen LogP contribution in [0.3, 0.4) is 0 Å². The van der Waals surface area contributed by atoms with Crippen LogP contribution in [0.2, 0.25) is 0 Å². The Morgan fingerprint density at radius 1 is 1.15 bits per heavy atom. The standard InChI is InChI=1S/C22H26N4O/c1-3-22-24-11-8-20(26-22)16-12-15-4-5-18(27-2)14-19(15)21(13-16)25-17-6-9-23-10-7-17/h4-5,8,11-14,17,23,25H,3,6-7,9-10H2,1-2H3. The number of fused-ring (bicyclic) bond motifs is 1. The molecule has 1 fully saturated rings. The molecule has 0 radical (unpaired) electrons. The summed E-state index contributed by atoms with van der Waals surface area (Å²) in [5.74, 6) is 1.74. The van der Waals surface area contributed by atoms with Gasteiger partial charge < -0.3 is 15.4 Å². The Morgan fingerprint density at radius 2 is 2.00 bits per heavy atom. The molecule has 0 spiro atoms. The fourth-order valence-corrected chi connectivity index (χ4v) is 3.65. The van der Waals surface area contributed by atoms with Crippen LogP contribution in [-0.2, 0) is 6.42 Å². The Bertz CT molecular complexity index is 935. The lowest BCUT2D eigenvalue weighted by Crippen LogP contribution is -2.35. The number of rotatable bonds is 5. The molecule has 1 aromatic heterocycles. The maximum Gasteiger partial charge on any atom is 0.128 e. The van der Waals surface area contributed by atoms with E-state index in [0.717, 1.165) is 60.9 Å². The van der Waals surface area contributed by atoms with Crippen molar-refractivity contribution >= 4 is 16.5 Å². The van der Waals surface area contributed by atoms with Crippen LogP contribution in [0.25, 0.3) is 22.0 Å². The number of methoxy groups -OCH3 is 1. The predicted molar refractivity (Wildman–Crippen MR) is 110 cm³/mol. The normalized spacial score (nSPS) is 15.0. The monoisotopic (exact) mass is 362 g/mol. The van der Waals surface area contributed by atoms with Crippen LogP contribution >= 0.6 is 0 Å². The lowest BCUT2D eigenvalue weighted by atomic mass is 10.00. The highest BCUT2D eigenvalue weighted by atomic mass is 16.5. The first-order valence-corrected chi connectivity index (χ1v) is 9.68. The first kappa shape index (κ1) is 17.7. The first-order valence-electron chi connectivity index (χ1n) is 9.68. The number of nitrogens with zero attached hydrogens (tertiary/aromatic N) is 2. The summed E-state index contributed by atoms with van der Waals surface area (Å²) < 4.78 is 5.45. The Morgan fingerprint density at radius 3 is 2.78 bits per heavy atom. The zero-order valence-corrected chi connectivity index (χ0v) is 16.0. The van der Waals surface area contributed by atoms with E-state index in [1.165, 1.54) is 10.8 Å². The molecule has 27 heavy (non-hydrogen) atoms. The van der Waals surface area contributed by atoms with E-state index in [1.54, 1.807) is 7.11 Å². The van der Waals surface area contributed by atoms with Gasteiger partial charge in [-0.1, -0.05) is 13.0 Å². The van der Waals surface area contributed by atoms with Gasteiger partial charge >= 0.3 is 0 Å². The van der Waals surface area contributed by atoms with Gasteiger partial charge in [0.1, 0.15) is 11.6 Å². The van der Waals surface area contributed by atoms with Crippen molar-refractivity contribution in [3.8, 4) is 17.0 Å². The summed E-state index contributed by atoms with van der Waals surface area (Å²) >= 11 is 0. The van der Waals surface area contributed by atoms with Crippen molar-refractivity contribution in [3.63, 3.8) is 0 Å². The van der Waals surface area contributed by atoms with Crippen LogP contribution in [0, 0.1) is 0 Å². The highest BCUT2D eigenvalue weighted by Gasteiger charge is 2.15. The molecule has 1 saturated heterocycles. The first-order chi connectivity index (χ1) is 13.3. The lowest BCUT2D eigenvalue weighted by Gasteiger charge is -2.26. The topological polar surface area (TPSA) is 59.1 Å². The molecule has 0 amide bonds. The van der Waals surface area contributed by atoms with Gasteiger partial charge in [0, 0.05) is 35.3 Å². The van der Waals surface area contributed by atoms with E-state index in [0.29, 0.717) is 6.04 Å². The minimum absolute atomic E-state index is 0.479. The Labute approximate surface area is 160 Å². The molecule has 0 aliphatic carbocycles. The molecule has 5 heteroatoms. The minimum Gasteiger partial charge on any atom is -0.497 e. The van der Waals surface area contributed by atoms with Gasteiger partial charge in [-0.3, -0.25) is 0 Å². The Kier molecular flexibility index (Phi) is 5.21. The predicted octanol–water partition coefficient (Wildman–Crippen LogP) is 4.03. The van der Waals surface area contributed by atoms with E-state index in [9.17, 15) is 0 Å². The second-order valence-corrected chi connectivity index (χ2v) is 6.99. The van der Waals surface area contributed by atoms with Crippen LogP contribution in [-0.4, -0.2) is 36.2 Å². The van der Waals surface area contributed by atoms with Crippen molar-refractivity contribution < 1.29 is 4.74 Å². The van der Waals surface area contributed by atoms with E-state index in [2.05, 4.69) is 46.8 Å². The van der Waals surface area contributed by atoms with Gasteiger partial charge in [-0.15, -0.1) is 0 Å². The largest absolute Gasteiger partial charge is 0.497 e. The van der Waals surface area contributed by atoms with Crippen LogP contribution < -0.4 is 15.4 Å². The summed E-state index contributed by atoms with van der Waals surface area (Å²) in [4.78, 5) is 9.05. The molecule has 0 bridgehead atoms. The number of piperidine rings is 1. The van der Waals surface area contributed by atoms with Crippen molar-refractivity contribution in [1.29, 1.82) is 0 Å². The number of benzene rings is 2. The van der Waals surface area contributed by atoms with Crippen molar-refractivity contribution in [2.75, 3.05) is 25.5 Å². The number of anilines is 1. The molecule has 0 unspecified atom stereocenters. The quantitative estimate of drug-likeness (QED) is 0.718. The number of nitrogens with one attached hydrogen (secondary N) is 2. The fraction of sp³-hybridized carbons (Fsp3) is 0.364. The summed E-state index contributed by atoms with van der Waals surface area (Å²) in [5, 5.41) is 9.57. The molecule has 2 N–H and O–H groups in total. The van der Waals surface area contributed by atoms with E-state index < -0.39 is 0 Å². The summed E-state index contributed by atoms with van der Waals surface area (Å²) in [5.41, 5.74) is 3.22. The Hall–Kier alpha value is -2.66. The van der Waals surface area contributed by atoms with Crippen molar-refractivity contribution in [3.05, 3.63) is 48.4 Å². The molecular formula is C22H26N4O. The van der Waals surface area contributed by atoms with Gasteiger partial charge in [-0.05, 0) is 61.6 Å². The second kappa shape index (κ2) is 7.92. The number of aromatic nitrogens is 2. The number of hydrogen-bond acceptors (Lipinski definition) is 5. The third-order valence-electron chi connectivity index (χ3n) is 5.18. The average Bonchev–Trinajstić information content (AvgIpc) is 2.74. The average molecular weight is 362 g/mol. The van der Waals surface area contributed by atoms with Gasteiger partial charge in [-0.25, -0.2) is 9.97 Å². The molecule has 0 saturated carbocycles. The smallest absolute Gasteiger partial charge is 0.128 e. The van der Waals surface area contributed by atoms with E-state index in [1.807, 2.05) is 18.3 Å². The zero-order valence-electron chi connectivity index (χ0n) is 16.0. The molecule has 140 valence electrons. The third-order valence-corrected chi connectivity index (χ3v) is 5.18. The van der Waals surface area contributed by atoms with Crippen molar-refractivity contribution in [2.45, 2.75) is 32.2 Å². The molecule has 4 rings (SSSR count). The fourth-order valence-electron chi connectivity index (χ4n) is 3.65. The Balaban J connectivity index is 1.80. The summed E-state index contributed by atoms with van der Waals surface area (Å²) in [6.07, 6.45) is 4.93. The molecular weight excluding hydrogens is 336 g/mol. The molecule has 5 nitrogen and oxygen atoms in total. The van der Waals surface area contributed by atoms with Crippen LogP contribution in [0.1, 0.15) is 25.6 Å². The van der Waals surface area contributed by atoms with Crippen molar-refractivity contribution in [1.82, 2.24) is 15.3 Å². The maximum atomic E-state index is 5.45. The number of hydrogen-bond donors (Lipinski definition) is 2. The summed E-state index contributed by atoms with van der Waals surface area (Å²) in [7, 11) is 1.71. The van der Waals surface area contributed by atoms with Crippen molar-refractivity contribution in [2.24, 2.45) is 0 Å². The van der Waals surface area contributed by atoms with Gasteiger partial charge in [0.2, 0.25) is 0 Å². The van der Waals surface area contributed by atoms with Gasteiger partial charge in [-0.2, -0.15) is 0 Å². The minimum atomic E-state index is 0.479. The zero-order chi connectivity index (χ0) is 18.6. The number of aryl methyl sites for hydroxylation is 1. The van der Waals surface area contributed by atoms with Crippen LogP contribution in [0.5, 0.6) is 5.75 Å². The summed E-state index contributed by atoms with van der Waals surface area (Å²) in [6.45, 7) is 4.20. The number of ether oxygens (including phenoxy) is 1. The lowest BCUT2D eigenvalue weighted by molar-refractivity contribution is 0.415. The van der Waals surface area contributed by atoms with E-state index >= 15 is 0 Å².